The Morgan fingerprint density at radius 3 is 2.61 bits per heavy atom. The van der Waals surface area contributed by atoms with Crippen LogP contribution in [-0.2, 0) is 6.42 Å². The predicted molar refractivity (Wildman–Crippen MR) is 73.5 cm³/mol. The van der Waals surface area contributed by atoms with Gasteiger partial charge in [-0.05, 0) is 24.6 Å². The van der Waals surface area contributed by atoms with Crippen molar-refractivity contribution in [1.82, 2.24) is 9.61 Å². The standard InChI is InChI=1S/C14H19N3O/c1-5-10-9-12-11(13(18)6-2)7-8-14(16(3)4)17(12)15-10/h7-9H,5-6H2,1-4H3. The molecule has 96 valence electrons. The number of pyridine rings is 1. The van der Waals surface area contributed by atoms with Crippen molar-refractivity contribution in [3.05, 3.63) is 29.5 Å². The fourth-order valence-corrected chi connectivity index (χ4v) is 2.05. The van der Waals surface area contributed by atoms with Crippen LogP contribution < -0.4 is 4.90 Å². The summed E-state index contributed by atoms with van der Waals surface area (Å²) in [5, 5.41) is 4.55. The summed E-state index contributed by atoms with van der Waals surface area (Å²) in [6.07, 6.45) is 1.39. The van der Waals surface area contributed by atoms with E-state index in [9.17, 15) is 4.79 Å². The molecular formula is C14H19N3O. The summed E-state index contributed by atoms with van der Waals surface area (Å²) in [5.41, 5.74) is 2.68. The minimum atomic E-state index is 0.160. The van der Waals surface area contributed by atoms with Crippen molar-refractivity contribution in [3.8, 4) is 0 Å². The molecule has 0 spiro atoms. The van der Waals surface area contributed by atoms with Crippen molar-refractivity contribution >= 4 is 17.1 Å². The molecule has 2 aromatic rings. The summed E-state index contributed by atoms with van der Waals surface area (Å²) >= 11 is 0. The van der Waals surface area contributed by atoms with Gasteiger partial charge in [0.05, 0.1) is 11.2 Å². The molecule has 0 unspecified atom stereocenters. The zero-order valence-corrected chi connectivity index (χ0v) is 11.4. The fourth-order valence-electron chi connectivity index (χ4n) is 2.05. The summed E-state index contributed by atoms with van der Waals surface area (Å²) in [6, 6.07) is 5.86. The normalized spacial score (nSPS) is 10.9. The van der Waals surface area contributed by atoms with Gasteiger partial charge in [0.15, 0.2) is 5.78 Å². The second kappa shape index (κ2) is 4.80. The first-order valence-electron chi connectivity index (χ1n) is 6.30. The van der Waals surface area contributed by atoms with Gasteiger partial charge in [-0.3, -0.25) is 4.79 Å². The zero-order chi connectivity index (χ0) is 13.3. The Hall–Kier alpha value is -1.84. The van der Waals surface area contributed by atoms with E-state index in [1.165, 1.54) is 0 Å². The van der Waals surface area contributed by atoms with E-state index < -0.39 is 0 Å². The molecule has 18 heavy (non-hydrogen) atoms. The predicted octanol–water partition coefficient (Wildman–Crippen LogP) is 2.56. The van der Waals surface area contributed by atoms with Gasteiger partial charge in [-0.1, -0.05) is 13.8 Å². The Kier molecular flexibility index (Phi) is 3.36. The smallest absolute Gasteiger partial charge is 0.164 e. The highest BCUT2D eigenvalue weighted by molar-refractivity contribution is 6.02. The lowest BCUT2D eigenvalue weighted by molar-refractivity contribution is 0.0989. The first kappa shape index (κ1) is 12.6. The Balaban J connectivity index is 2.73. The lowest BCUT2D eigenvalue weighted by Gasteiger charge is -2.15. The third-order valence-electron chi connectivity index (χ3n) is 3.09. The SMILES string of the molecule is CCC(=O)c1ccc(N(C)C)n2nc(CC)cc12. The first-order valence-corrected chi connectivity index (χ1v) is 6.30. The number of aromatic nitrogens is 2. The first-order chi connectivity index (χ1) is 8.58. The third-order valence-corrected chi connectivity index (χ3v) is 3.09. The molecule has 4 nitrogen and oxygen atoms in total. The van der Waals surface area contributed by atoms with Crippen molar-refractivity contribution in [2.24, 2.45) is 0 Å². The maximum absolute atomic E-state index is 12.0. The molecule has 0 aromatic carbocycles. The molecule has 0 amide bonds. The molecule has 2 aromatic heterocycles. The summed E-state index contributed by atoms with van der Waals surface area (Å²) in [4.78, 5) is 14.0. The zero-order valence-electron chi connectivity index (χ0n) is 11.4. The van der Waals surface area contributed by atoms with Gasteiger partial charge in [-0.2, -0.15) is 5.10 Å². The maximum Gasteiger partial charge on any atom is 0.164 e. The van der Waals surface area contributed by atoms with Gasteiger partial charge in [0, 0.05) is 26.1 Å². The Bertz CT molecular complexity index is 584. The molecule has 0 saturated heterocycles. The molecule has 0 fully saturated rings. The van der Waals surface area contributed by atoms with Gasteiger partial charge in [0.1, 0.15) is 5.82 Å². The number of Topliss-reactive ketones (excluding diaryl/α,β-unsaturated/α-hetero) is 1. The molecule has 0 aliphatic heterocycles. The topological polar surface area (TPSA) is 37.6 Å². The summed E-state index contributed by atoms with van der Waals surface area (Å²) in [7, 11) is 3.95. The highest BCUT2D eigenvalue weighted by Gasteiger charge is 2.14. The average Bonchev–Trinajstić information content (AvgIpc) is 2.80. The highest BCUT2D eigenvalue weighted by Crippen LogP contribution is 2.21. The van der Waals surface area contributed by atoms with Gasteiger partial charge in [0.2, 0.25) is 0 Å². The number of rotatable bonds is 4. The van der Waals surface area contributed by atoms with Gasteiger partial charge in [-0.25, -0.2) is 4.52 Å². The average molecular weight is 245 g/mol. The molecule has 0 radical (unpaired) electrons. The van der Waals surface area contributed by atoms with Gasteiger partial charge in [-0.15, -0.1) is 0 Å². The Labute approximate surface area is 107 Å². The minimum Gasteiger partial charge on any atom is -0.363 e. The van der Waals surface area contributed by atoms with Crippen LogP contribution in [0.3, 0.4) is 0 Å². The number of anilines is 1. The lowest BCUT2D eigenvalue weighted by Crippen LogP contribution is -2.14. The van der Waals surface area contributed by atoms with Crippen LogP contribution in [0.4, 0.5) is 5.82 Å². The molecular weight excluding hydrogens is 226 g/mol. The highest BCUT2D eigenvalue weighted by atomic mass is 16.1. The molecule has 0 saturated carbocycles. The van der Waals surface area contributed by atoms with Crippen LogP contribution in [0.25, 0.3) is 5.52 Å². The van der Waals surface area contributed by atoms with Gasteiger partial charge in [0.25, 0.3) is 0 Å². The van der Waals surface area contributed by atoms with Gasteiger partial charge < -0.3 is 4.90 Å². The number of hydrogen-bond donors (Lipinski definition) is 0. The van der Waals surface area contributed by atoms with Crippen LogP contribution in [0.15, 0.2) is 18.2 Å². The monoisotopic (exact) mass is 245 g/mol. The molecule has 0 aliphatic rings. The van der Waals surface area contributed by atoms with Crippen LogP contribution >= 0.6 is 0 Å². The number of ketones is 1. The van der Waals surface area contributed by atoms with E-state index in [4.69, 9.17) is 0 Å². The fraction of sp³-hybridized carbons (Fsp3) is 0.429. The van der Waals surface area contributed by atoms with Crippen molar-refractivity contribution in [2.75, 3.05) is 19.0 Å². The molecule has 4 heteroatoms. The van der Waals surface area contributed by atoms with Crippen molar-refractivity contribution < 1.29 is 4.79 Å². The lowest BCUT2D eigenvalue weighted by atomic mass is 10.1. The van der Waals surface area contributed by atoms with Crippen LogP contribution in [0.2, 0.25) is 0 Å². The summed E-state index contributed by atoms with van der Waals surface area (Å²) in [5.74, 6) is 1.14. The minimum absolute atomic E-state index is 0.160. The largest absolute Gasteiger partial charge is 0.363 e. The van der Waals surface area contributed by atoms with Crippen molar-refractivity contribution in [2.45, 2.75) is 26.7 Å². The number of fused-ring (bicyclic) bond motifs is 1. The number of aryl methyl sites for hydroxylation is 1. The van der Waals surface area contributed by atoms with Crippen LogP contribution in [0.5, 0.6) is 0 Å². The Morgan fingerprint density at radius 2 is 2.06 bits per heavy atom. The molecule has 0 aliphatic carbocycles. The quantitative estimate of drug-likeness (QED) is 0.777. The van der Waals surface area contributed by atoms with Crippen LogP contribution in [0.1, 0.15) is 36.3 Å². The van der Waals surface area contributed by atoms with E-state index in [0.29, 0.717) is 6.42 Å². The second-order valence-electron chi connectivity index (χ2n) is 4.56. The van der Waals surface area contributed by atoms with Crippen LogP contribution in [-0.4, -0.2) is 29.5 Å². The van der Waals surface area contributed by atoms with Crippen LogP contribution in [0, 0.1) is 0 Å². The van der Waals surface area contributed by atoms with Crippen molar-refractivity contribution in [1.29, 1.82) is 0 Å². The molecule has 0 bridgehead atoms. The van der Waals surface area contributed by atoms with E-state index in [-0.39, 0.29) is 5.78 Å². The second-order valence-corrected chi connectivity index (χ2v) is 4.56. The summed E-state index contributed by atoms with van der Waals surface area (Å²) < 4.78 is 1.86. The number of hydrogen-bond acceptors (Lipinski definition) is 3. The number of nitrogens with zero attached hydrogens (tertiary/aromatic N) is 3. The number of carbonyl (C=O) groups excluding carboxylic acids is 1. The third kappa shape index (κ3) is 1.98. The van der Waals surface area contributed by atoms with E-state index >= 15 is 0 Å². The summed E-state index contributed by atoms with van der Waals surface area (Å²) in [6.45, 7) is 3.95. The number of carbonyl (C=O) groups is 1. The molecule has 0 N–H and O–H groups in total. The molecule has 0 atom stereocenters. The van der Waals surface area contributed by atoms with Gasteiger partial charge >= 0.3 is 0 Å². The molecule has 2 rings (SSSR count). The van der Waals surface area contributed by atoms with E-state index in [2.05, 4.69) is 12.0 Å². The molecule has 2 heterocycles. The Morgan fingerprint density at radius 1 is 1.33 bits per heavy atom. The maximum atomic E-state index is 12.0. The van der Waals surface area contributed by atoms with E-state index in [1.54, 1.807) is 0 Å². The van der Waals surface area contributed by atoms with E-state index in [0.717, 1.165) is 29.0 Å². The van der Waals surface area contributed by atoms with Crippen molar-refractivity contribution in [3.63, 3.8) is 0 Å². The van der Waals surface area contributed by atoms with E-state index in [1.807, 2.05) is 48.6 Å².